The van der Waals surface area contributed by atoms with E-state index < -0.39 is 0 Å². The van der Waals surface area contributed by atoms with Crippen molar-refractivity contribution in [1.29, 1.82) is 0 Å². The van der Waals surface area contributed by atoms with Crippen LogP contribution in [0.3, 0.4) is 0 Å². The smallest absolute Gasteiger partial charge is 0.0620 e. The molecule has 0 spiro atoms. The summed E-state index contributed by atoms with van der Waals surface area (Å²) >= 11 is 0. The molecular weight excluding hydrogens is 138 g/mol. The Morgan fingerprint density at radius 3 is 3.00 bits per heavy atom. The van der Waals surface area contributed by atoms with E-state index in [2.05, 4.69) is 12.2 Å². The standard InChI is InChI=1S/C9H19NO/c1-2-3-4-6-10-9-5-7-11-8-9/h9-10H,2-8H2,1H3. The number of ether oxygens (including phenoxy) is 1. The minimum Gasteiger partial charge on any atom is -0.380 e. The van der Waals surface area contributed by atoms with Gasteiger partial charge in [0.05, 0.1) is 6.61 Å². The molecule has 1 aliphatic rings. The summed E-state index contributed by atoms with van der Waals surface area (Å²) in [5.74, 6) is 0. The van der Waals surface area contributed by atoms with Gasteiger partial charge in [-0.05, 0) is 19.4 Å². The second kappa shape index (κ2) is 5.56. The van der Waals surface area contributed by atoms with Crippen molar-refractivity contribution in [2.45, 2.75) is 38.6 Å². The third kappa shape index (κ3) is 3.73. The molecule has 66 valence electrons. The third-order valence-electron chi connectivity index (χ3n) is 2.14. The first kappa shape index (κ1) is 9.01. The molecule has 1 rings (SSSR count). The van der Waals surface area contributed by atoms with Crippen LogP contribution in [0.1, 0.15) is 32.6 Å². The van der Waals surface area contributed by atoms with Gasteiger partial charge in [0.2, 0.25) is 0 Å². The van der Waals surface area contributed by atoms with Crippen LogP contribution >= 0.6 is 0 Å². The molecule has 1 atom stereocenters. The Morgan fingerprint density at radius 2 is 2.36 bits per heavy atom. The van der Waals surface area contributed by atoms with E-state index in [1.165, 1.54) is 32.2 Å². The van der Waals surface area contributed by atoms with Crippen molar-refractivity contribution in [1.82, 2.24) is 5.32 Å². The Morgan fingerprint density at radius 1 is 1.45 bits per heavy atom. The molecule has 0 amide bonds. The van der Waals surface area contributed by atoms with E-state index in [4.69, 9.17) is 4.74 Å². The van der Waals surface area contributed by atoms with Crippen LogP contribution in [0.2, 0.25) is 0 Å². The molecule has 1 fully saturated rings. The van der Waals surface area contributed by atoms with Crippen LogP contribution in [0.25, 0.3) is 0 Å². The summed E-state index contributed by atoms with van der Waals surface area (Å²) in [5, 5.41) is 3.49. The zero-order valence-electron chi connectivity index (χ0n) is 7.44. The molecule has 1 heterocycles. The average Bonchev–Trinajstić information content (AvgIpc) is 2.50. The number of unbranched alkanes of at least 4 members (excludes halogenated alkanes) is 2. The van der Waals surface area contributed by atoms with Crippen molar-refractivity contribution in [3.8, 4) is 0 Å². The fourth-order valence-corrected chi connectivity index (χ4v) is 1.38. The summed E-state index contributed by atoms with van der Waals surface area (Å²) in [6, 6.07) is 0.645. The van der Waals surface area contributed by atoms with Crippen LogP contribution in [-0.4, -0.2) is 25.8 Å². The molecule has 1 unspecified atom stereocenters. The molecule has 0 bridgehead atoms. The minimum atomic E-state index is 0.645. The fraction of sp³-hybridized carbons (Fsp3) is 1.00. The van der Waals surface area contributed by atoms with Gasteiger partial charge in [-0.15, -0.1) is 0 Å². The van der Waals surface area contributed by atoms with E-state index in [0.717, 1.165) is 13.2 Å². The summed E-state index contributed by atoms with van der Waals surface area (Å²) < 4.78 is 5.25. The van der Waals surface area contributed by atoms with Gasteiger partial charge in [0.15, 0.2) is 0 Å². The normalized spacial score (nSPS) is 24.3. The number of hydrogen-bond acceptors (Lipinski definition) is 2. The van der Waals surface area contributed by atoms with Crippen LogP contribution < -0.4 is 5.32 Å². The molecule has 0 aromatic rings. The van der Waals surface area contributed by atoms with E-state index in [-0.39, 0.29) is 0 Å². The number of hydrogen-bond donors (Lipinski definition) is 1. The van der Waals surface area contributed by atoms with Crippen LogP contribution in [-0.2, 0) is 4.74 Å². The second-order valence-electron chi connectivity index (χ2n) is 3.22. The van der Waals surface area contributed by atoms with Crippen molar-refractivity contribution < 1.29 is 4.74 Å². The lowest BCUT2D eigenvalue weighted by Crippen LogP contribution is -2.29. The van der Waals surface area contributed by atoms with Crippen molar-refractivity contribution in [3.63, 3.8) is 0 Å². The minimum absolute atomic E-state index is 0.645. The Labute approximate surface area is 69.3 Å². The van der Waals surface area contributed by atoms with Gasteiger partial charge in [-0.1, -0.05) is 19.8 Å². The molecule has 2 nitrogen and oxygen atoms in total. The van der Waals surface area contributed by atoms with Crippen LogP contribution in [0.5, 0.6) is 0 Å². The zero-order valence-corrected chi connectivity index (χ0v) is 7.44. The highest BCUT2D eigenvalue weighted by molar-refractivity contribution is 4.70. The maximum Gasteiger partial charge on any atom is 0.0620 e. The fourth-order valence-electron chi connectivity index (χ4n) is 1.38. The van der Waals surface area contributed by atoms with Crippen molar-refractivity contribution >= 4 is 0 Å². The van der Waals surface area contributed by atoms with Gasteiger partial charge < -0.3 is 10.1 Å². The Kier molecular flexibility index (Phi) is 4.55. The third-order valence-corrected chi connectivity index (χ3v) is 2.14. The highest BCUT2D eigenvalue weighted by Crippen LogP contribution is 2.03. The predicted molar refractivity (Wildman–Crippen MR) is 46.8 cm³/mol. The van der Waals surface area contributed by atoms with Gasteiger partial charge in [0, 0.05) is 12.6 Å². The summed E-state index contributed by atoms with van der Waals surface area (Å²) in [6.45, 7) is 5.28. The van der Waals surface area contributed by atoms with Crippen LogP contribution in [0.15, 0.2) is 0 Å². The molecule has 0 aliphatic carbocycles. The maximum absolute atomic E-state index is 5.25. The molecule has 0 radical (unpaired) electrons. The van der Waals surface area contributed by atoms with Crippen molar-refractivity contribution in [2.24, 2.45) is 0 Å². The highest BCUT2D eigenvalue weighted by atomic mass is 16.5. The van der Waals surface area contributed by atoms with Gasteiger partial charge in [-0.3, -0.25) is 0 Å². The van der Waals surface area contributed by atoms with E-state index in [1.807, 2.05) is 0 Å². The maximum atomic E-state index is 5.25. The Hall–Kier alpha value is -0.0800. The first-order valence-corrected chi connectivity index (χ1v) is 4.74. The molecule has 0 saturated carbocycles. The highest BCUT2D eigenvalue weighted by Gasteiger charge is 2.13. The van der Waals surface area contributed by atoms with E-state index in [9.17, 15) is 0 Å². The van der Waals surface area contributed by atoms with Crippen LogP contribution in [0, 0.1) is 0 Å². The lowest BCUT2D eigenvalue weighted by molar-refractivity contribution is 0.190. The van der Waals surface area contributed by atoms with Crippen molar-refractivity contribution in [2.75, 3.05) is 19.8 Å². The Balaban J connectivity index is 1.86. The predicted octanol–water partition coefficient (Wildman–Crippen LogP) is 1.56. The van der Waals surface area contributed by atoms with Gasteiger partial charge in [0.25, 0.3) is 0 Å². The molecule has 2 heteroatoms. The second-order valence-corrected chi connectivity index (χ2v) is 3.22. The van der Waals surface area contributed by atoms with E-state index in [0.29, 0.717) is 6.04 Å². The van der Waals surface area contributed by atoms with Crippen molar-refractivity contribution in [3.05, 3.63) is 0 Å². The van der Waals surface area contributed by atoms with Gasteiger partial charge in [0.1, 0.15) is 0 Å². The molecular formula is C9H19NO. The summed E-state index contributed by atoms with van der Waals surface area (Å²) in [6.07, 6.45) is 5.17. The Bertz CT molecular complexity index is 89.6. The average molecular weight is 157 g/mol. The van der Waals surface area contributed by atoms with E-state index >= 15 is 0 Å². The molecule has 1 saturated heterocycles. The van der Waals surface area contributed by atoms with E-state index in [1.54, 1.807) is 0 Å². The molecule has 0 aromatic carbocycles. The molecule has 1 aliphatic heterocycles. The first-order valence-electron chi connectivity index (χ1n) is 4.74. The first-order chi connectivity index (χ1) is 5.43. The van der Waals surface area contributed by atoms with Crippen LogP contribution in [0.4, 0.5) is 0 Å². The largest absolute Gasteiger partial charge is 0.380 e. The number of nitrogens with one attached hydrogen (secondary N) is 1. The summed E-state index contributed by atoms with van der Waals surface area (Å²) in [4.78, 5) is 0. The van der Waals surface area contributed by atoms with Gasteiger partial charge in [-0.25, -0.2) is 0 Å². The van der Waals surface area contributed by atoms with Gasteiger partial charge in [-0.2, -0.15) is 0 Å². The van der Waals surface area contributed by atoms with Gasteiger partial charge >= 0.3 is 0 Å². The lowest BCUT2D eigenvalue weighted by Gasteiger charge is -2.08. The quantitative estimate of drug-likeness (QED) is 0.611. The molecule has 11 heavy (non-hydrogen) atoms. The SMILES string of the molecule is CCCCCNC1CCOC1. The monoisotopic (exact) mass is 157 g/mol. The zero-order chi connectivity index (χ0) is 7.94. The lowest BCUT2D eigenvalue weighted by atomic mass is 10.2. The summed E-state index contributed by atoms with van der Waals surface area (Å²) in [7, 11) is 0. The number of rotatable bonds is 5. The topological polar surface area (TPSA) is 21.3 Å². The molecule has 0 aromatic heterocycles. The summed E-state index contributed by atoms with van der Waals surface area (Å²) in [5.41, 5.74) is 0. The molecule has 1 N–H and O–H groups in total.